The number of nitrogens with one attached hydrogen (secondary N) is 1. The first-order valence-corrected chi connectivity index (χ1v) is 7.42. The van der Waals surface area contributed by atoms with Crippen molar-refractivity contribution in [3.63, 3.8) is 0 Å². The predicted octanol–water partition coefficient (Wildman–Crippen LogP) is 3.54. The fraction of sp³-hybridized carbons (Fsp3) is 0.286. The second-order valence-corrected chi connectivity index (χ2v) is 5.84. The molecule has 1 aromatic carbocycles. The highest BCUT2D eigenvalue weighted by Gasteiger charge is 2.24. The molecule has 5 nitrogen and oxygen atoms in total. The van der Waals surface area contributed by atoms with Crippen LogP contribution in [0.4, 0.5) is 20.7 Å². The molecule has 0 saturated heterocycles. The average Bonchev–Trinajstić information content (AvgIpc) is 2.81. The van der Waals surface area contributed by atoms with Crippen LogP contribution < -0.4 is 10.2 Å². The third-order valence-electron chi connectivity index (χ3n) is 3.33. The maximum atomic E-state index is 13.8. The number of hydrogen-bond acceptors (Lipinski definition) is 2. The molecule has 21 heavy (non-hydrogen) atoms. The molecule has 110 valence electrons. The lowest BCUT2D eigenvalue weighted by Gasteiger charge is -2.27. The zero-order chi connectivity index (χ0) is 15.0. The molecule has 0 radical (unpaired) electrons. The van der Waals surface area contributed by atoms with Crippen LogP contribution >= 0.6 is 15.9 Å². The Bertz CT molecular complexity index is 700. The molecule has 0 fully saturated rings. The number of carbonyl (C=O) groups excluding carboxylic acids is 1. The minimum Gasteiger partial charge on any atom is -0.305 e. The van der Waals surface area contributed by atoms with Crippen molar-refractivity contribution in [3.05, 3.63) is 40.2 Å². The molecule has 0 saturated carbocycles. The molecule has 7 heteroatoms. The van der Waals surface area contributed by atoms with Gasteiger partial charge in [0.15, 0.2) is 0 Å². The lowest BCUT2D eigenvalue weighted by atomic mass is 10.3. The number of benzene rings is 1. The Morgan fingerprint density at radius 2 is 2.19 bits per heavy atom. The summed E-state index contributed by atoms with van der Waals surface area (Å²) < 4.78 is 16.2. The van der Waals surface area contributed by atoms with Crippen molar-refractivity contribution >= 4 is 33.5 Å². The normalized spacial score (nSPS) is 14.0. The Balaban J connectivity index is 1.83. The smallest absolute Gasteiger partial charge is 0.305 e. The van der Waals surface area contributed by atoms with Crippen molar-refractivity contribution in [2.45, 2.75) is 19.9 Å². The number of anilines is 2. The van der Waals surface area contributed by atoms with Gasteiger partial charge in [-0.1, -0.05) is 15.9 Å². The zero-order valence-electron chi connectivity index (χ0n) is 11.4. The maximum absolute atomic E-state index is 13.8. The van der Waals surface area contributed by atoms with Gasteiger partial charge in [0.05, 0.1) is 11.4 Å². The van der Waals surface area contributed by atoms with Crippen molar-refractivity contribution in [1.82, 2.24) is 9.78 Å². The summed E-state index contributed by atoms with van der Waals surface area (Å²) >= 11 is 3.19. The lowest BCUT2D eigenvalue weighted by Crippen LogP contribution is -2.40. The molecule has 0 bridgehead atoms. The molecule has 0 unspecified atom stereocenters. The van der Waals surface area contributed by atoms with Gasteiger partial charge in [0, 0.05) is 23.6 Å². The van der Waals surface area contributed by atoms with Gasteiger partial charge in [-0.3, -0.25) is 4.90 Å². The van der Waals surface area contributed by atoms with Crippen LogP contribution in [-0.2, 0) is 6.54 Å². The molecule has 1 aliphatic heterocycles. The number of halogens is 2. The van der Waals surface area contributed by atoms with E-state index in [4.69, 9.17) is 0 Å². The second-order valence-electron chi connectivity index (χ2n) is 4.93. The molecule has 0 spiro atoms. The van der Waals surface area contributed by atoms with Crippen molar-refractivity contribution in [1.29, 1.82) is 0 Å². The van der Waals surface area contributed by atoms with Crippen molar-refractivity contribution in [2.24, 2.45) is 0 Å². The van der Waals surface area contributed by atoms with E-state index in [1.54, 1.807) is 15.6 Å². The van der Waals surface area contributed by atoms with Gasteiger partial charge in [-0.05, 0) is 31.5 Å². The molecule has 1 N–H and O–H groups in total. The van der Waals surface area contributed by atoms with E-state index in [9.17, 15) is 9.18 Å². The molecule has 3 rings (SSSR count). The molecule has 2 aromatic rings. The van der Waals surface area contributed by atoms with Crippen LogP contribution in [-0.4, -0.2) is 22.4 Å². The minimum atomic E-state index is -0.473. The van der Waals surface area contributed by atoms with Gasteiger partial charge in [0.2, 0.25) is 0 Å². The molecule has 0 aliphatic carbocycles. The van der Waals surface area contributed by atoms with Crippen molar-refractivity contribution in [3.8, 4) is 0 Å². The standard InChI is InChI=1S/C14H14BrFN4O/c1-9-7-13-19(5-2-6-20(13)18-9)14(21)17-12-4-3-10(15)8-11(12)16/h3-4,7-8H,2,5-6H2,1H3,(H,17,21). The summed E-state index contributed by atoms with van der Waals surface area (Å²) in [4.78, 5) is 14.0. The Hall–Kier alpha value is -1.89. The van der Waals surface area contributed by atoms with E-state index in [2.05, 4.69) is 26.3 Å². The summed E-state index contributed by atoms with van der Waals surface area (Å²) in [6.07, 6.45) is 0.824. The van der Waals surface area contributed by atoms with E-state index < -0.39 is 5.82 Å². The number of rotatable bonds is 1. The number of urea groups is 1. The molecule has 1 aliphatic rings. The van der Waals surface area contributed by atoms with E-state index in [1.165, 1.54) is 12.1 Å². The molecular weight excluding hydrogens is 339 g/mol. The zero-order valence-corrected chi connectivity index (χ0v) is 13.0. The molecule has 2 amide bonds. The summed E-state index contributed by atoms with van der Waals surface area (Å²) in [5.41, 5.74) is 1.02. The molecule has 2 heterocycles. The van der Waals surface area contributed by atoms with E-state index >= 15 is 0 Å². The highest BCUT2D eigenvalue weighted by molar-refractivity contribution is 9.10. The van der Waals surface area contributed by atoms with Crippen LogP contribution in [0.1, 0.15) is 12.1 Å². The number of aryl methyl sites for hydroxylation is 2. The minimum absolute atomic E-state index is 0.163. The third kappa shape index (κ3) is 2.78. The number of aromatic nitrogens is 2. The predicted molar refractivity (Wildman–Crippen MR) is 82.0 cm³/mol. The number of amides is 2. The average molecular weight is 353 g/mol. The van der Waals surface area contributed by atoms with Gasteiger partial charge in [-0.25, -0.2) is 13.9 Å². The van der Waals surface area contributed by atoms with E-state index in [0.717, 1.165) is 24.5 Å². The van der Waals surface area contributed by atoms with Gasteiger partial charge in [0.25, 0.3) is 0 Å². The van der Waals surface area contributed by atoms with Crippen molar-refractivity contribution in [2.75, 3.05) is 16.8 Å². The van der Waals surface area contributed by atoms with E-state index in [-0.39, 0.29) is 11.7 Å². The number of nitrogens with zero attached hydrogens (tertiary/aromatic N) is 3. The Morgan fingerprint density at radius 3 is 2.95 bits per heavy atom. The van der Waals surface area contributed by atoms with Gasteiger partial charge >= 0.3 is 6.03 Å². The first-order chi connectivity index (χ1) is 10.0. The Labute approximate surface area is 129 Å². The van der Waals surface area contributed by atoms with Gasteiger partial charge in [0.1, 0.15) is 11.6 Å². The van der Waals surface area contributed by atoms with Crippen LogP contribution in [0.25, 0.3) is 0 Å². The summed E-state index contributed by atoms with van der Waals surface area (Å²) in [7, 11) is 0. The highest BCUT2D eigenvalue weighted by Crippen LogP contribution is 2.24. The number of carbonyl (C=O) groups is 1. The summed E-state index contributed by atoms with van der Waals surface area (Å²) in [6, 6.07) is 6.04. The SMILES string of the molecule is Cc1cc2n(n1)CCCN2C(=O)Nc1ccc(Br)cc1F. The summed E-state index contributed by atoms with van der Waals surface area (Å²) in [5, 5.41) is 6.94. The fourth-order valence-corrected chi connectivity index (χ4v) is 2.72. The summed E-state index contributed by atoms with van der Waals surface area (Å²) in [6.45, 7) is 3.27. The van der Waals surface area contributed by atoms with Gasteiger partial charge in [-0.2, -0.15) is 5.10 Å². The van der Waals surface area contributed by atoms with Crippen LogP contribution in [0, 0.1) is 12.7 Å². The largest absolute Gasteiger partial charge is 0.327 e. The molecule has 0 atom stereocenters. The van der Waals surface area contributed by atoms with Crippen LogP contribution in [0.2, 0.25) is 0 Å². The fourth-order valence-electron chi connectivity index (χ4n) is 2.39. The van der Waals surface area contributed by atoms with Crippen LogP contribution in [0.15, 0.2) is 28.7 Å². The van der Waals surface area contributed by atoms with E-state index in [0.29, 0.717) is 11.0 Å². The quantitative estimate of drug-likeness (QED) is 0.853. The molecule has 1 aromatic heterocycles. The van der Waals surface area contributed by atoms with Gasteiger partial charge in [-0.15, -0.1) is 0 Å². The first-order valence-electron chi connectivity index (χ1n) is 6.62. The highest BCUT2D eigenvalue weighted by atomic mass is 79.9. The number of fused-ring (bicyclic) bond motifs is 1. The Morgan fingerprint density at radius 1 is 1.38 bits per heavy atom. The number of hydrogen-bond donors (Lipinski definition) is 1. The van der Waals surface area contributed by atoms with Crippen LogP contribution in [0.3, 0.4) is 0 Å². The lowest BCUT2D eigenvalue weighted by molar-refractivity contribution is 0.255. The molecular formula is C14H14BrFN4O. The topological polar surface area (TPSA) is 50.2 Å². The maximum Gasteiger partial charge on any atom is 0.327 e. The van der Waals surface area contributed by atoms with Crippen molar-refractivity contribution < 1.29 is 9.18 Å². The third-order valence-corrected chi connectivity index (χ3v) is 3.82. The monoisotopic (exact) mass is 352 g/mol. The van der Waals surface area contributed by atoms with Gasteiger partial charge < -0.3 is 5.32 Å². The summed E-state index contributed by atoms with van der Waals surface area (Å²) in [5.74, 6) is 0.271. The van der Waals surface area contributed by atoms with Crippen LogP contribution in [0.5, 0.6) is 0 Å². The van der Waals surface area contributed by atoms with E-state index in [1.807, 2.05) is 13.0 Å². The first kappa shape index (κ1) is 14.1. The second kappa shape index (κ2) is 5.48. The Kier molecular flexibility index (Phi) is 3.67.